The van der Waals surface area contributed by atoms with Crippen LogP contribution < -0.4 is 16.0 Å². The number of amides is 5. The average molecular weight is 491 g/mol. The zero-order valence-corrected chi connectivity index (χ0v) is 20.1. The molecule has 3 rings (SSSR count). The molecule has 2 aliphatic heterocycles. The zero-order chi connectivity index (χ0) is 24.7. The number of carbonyl (C=O) groups excluding carboxylic acids is 5. The number of thioether (sulfide) groups is 1. The van der Waals surface area contributed by atoms with Gasteiger partial charge in [0.15, 0.2) is 0 Å². The van der Waals surface area contributed by atoms with Gasteiger partial charge in [0.25, 0.3) is 11.8 Å². The third-order valence-electron chi connectivity index (χ3n) is 5.48. The number of hydrogen-bond acceptors (Lipinski definition) is 8. The highest BCUT2D eigenvalue weighted by molar-refractivity contribution is 7.99. The summed E-state index contributed by atoms with van der Waals surface area (Å²) in [7, 11) is 0. The Labute approximate surface area is 202 Å². The molecule has 0 spiro atoms. The Bertz CT molecular complexity index is 919. The normalized spacial score (nSPS) is 20.5. The van der Waals surface area contributed by atoms with Crippen molar-refractivity contribution >= 4 is 41.5 Å². The summed E-state index contributed by atoms with van der Waals surface area (Å²) in [5.41, 5.74) is 0.703. The van der Waals surface area contributed by atoms with Gasteiger partial charge in [0.1, 0.15) is 18.7 Å². The van der Waals surface area contributed by atoms with Crippen LogP contribution in [0.25, 0.3) is 0 Å². The van der Waals surface area contributed by atoms with Gasteiger partial charge in [0.2, 0.25) is 11.8 Å². The Morgan fingerprint density at radius 2 is 1.91 bits per heavy atom. The molecule has 2 saturated heterocycles. The summed E-state index contributed by atoms with van der Waals surface area (Å²) >= 11 is 1.48. The van der Waals surface area contributed by atoms with Crippen LogP contribution in [0.3, 0.4) is 0 Å². The summed E-state index contributed by atoms with van der Waals surface area (Å²) < 4.78 is 5.31. The van der Waals surface area contributed by atoms with Crippen molar-refractivity contribution < 1.29 is 28.7 Å². The van der Waals surface area contributed by atoms with E-state index in [-0.39, 0.29) is 31.3 Å². The first-order chi connectivity index (χ1) is 16.3. The Balaban J connectivity index is 1.79. The van der Waals surface area contributed by atoms with Gasteiger partial charge in [-0.05, 0) is 24.3 Å². The third kappa shape index (κ3) is 6.80. The smallest absolute Gasteiger partial charge is 0.423 e. The summed E-state index contributed by atoms with van der Waals surface area (Å²) in [6.07, 6.45) is -0.344. The third-order valence-corrected chi connectivity index (χ3v) is 6.42. The minimum Gasteiger partial charge on any atom is -0.444 e. The summed E-state index contributed by atoms with van der Waals surface area (Å²) in [6, 6.07) is 6.30. The Kier molecular flexibility index (Phi) is 9.05. The van der Waals surface area contributed by atoms with Crippen LogP contribution in [0.1, 0.15) is 38.7 Å². The summed E-state index contributed by atoms with van der Waals surface area (Å²) in [4.78, 5) is 64.4. The van der Waals surface area contributed by atoms with Gasteiger partial charge in [-0.3, -0.25) is 24.5 Å². The summed E-state index contributed by atoms with van der Waals surface area (Å²) in [5, 5.41) is 8.16. The van der Waals surface area contributed by atoms with E-state index in [9.17, 15) is 24.0 Å². The molecule has 1 aromatic rings. The van der Waals surface area contributed by atoms with E-state index in [0.717, 1.165) is 0 Å². The van der Waals surface area contributed by atoms with E-state index in [1.165, 1.54) is 11.8 Å². The highest BCUT2D eigenvalue weighted by Gasteiger charge is 2.41. The van der Waals surface area contributed by atoms with Crippen molar-refractivity contribution in [1.82, 2.24) is 20.9 Å². The maximum atomic E-state index is 13.5. The van der Waals surface area contributed by atoms with Crippen molar-refractivity contribution in [2.24, 2.45) is 5.92 Å². The molecule has 0 aromatic heterocycles. The van der Waals surface area contributed by atoms with Crippen LogP contribution in [0.5, 0.6) is 0 Å². The van der Waals surface area contributed by atoms with Crippen LogP contribution in [0, 0.1) is 5.92 Å². The molecule has 0 radical (unpaired) electrons. The standard InChI is InChI=1S/C23H30N4O6S/c1-14(2)10-17(26-20(29)16-8-9-19(28)25-16)21(30)27(22(31)18-12-34-13-24-18)23(32)33-11-15-6-4-3-5-7-15/h3-7,14,16-18,24H,8-13H2,1-2H3,(H,25,28)(H,26,29)/t16-,17-,18?/m0/s1. The maximum Gasteiger partial charge on any atom is 0.423 e. The number of benzene rings is 1. The second-order valence-corrected chi connectivity index (χ2v) is 9.70. The van der Waals surface area contributed by atoms with E-state index in [0.29, 0.717) is 28.5 Å². The van der Waals surface area contributed by atoms with Gasteiger partial charge in [0, 0.05) is 18.1 Å². The average Bonchev–Trinajstić information content (AvgIpc) is 3.50. The fourth-order valence-electron chi connectivity index (χ4n) is 3.71. The zero-order valence-electron chi connectivity index (χ0n) is 19.2. The van der Waals surface area contributed by atoms with E-state index in [1.54, 1.807) is 24.3 Å². The lowest BCUT2D eigenvalue weighted by Gasteiger charge is -2.28. The molecular formula is C23H30N4O6S. The Morgan fingerprint density at radius 3 is 2.50 bits per heavy atom. The van der Waals surface area contributed by atoms with Gasteiger partial charge in [-0.15, -0.1) is 11.8 Å². The predicted octanol–water partition coefficient (Wildman–Crippen LogP) is 1.15. The van der Waals surface area contributed by atoms with Crippen LogP contribution in [-0.4, -0.2) is 64.4 Å². The molecule has 3 N–H and O–H groups in total. The first-order valence-electron chi connectivity index (χ1n) is 11.3. The van der Waals surface area contributed by atoms with Crippen LogP contribution in [-0.2, 0) is 30.5 Å². The van der Waals surface area contributed by atoms with Crippen molar-refractivity contribution in [3.8, 4) is 0 Å². The topological polar surface area (TPSA) is 134 Å². The van der Waals surface area contributed by atoms with Gasteiger partial charge in [-0.25, -0.2) is 4.79 Å². The molecule has 2 heterocycles. The lowest BCUT2D eigenvalue weighted by atomic mass is 10.0. The van der Waals surface area contributed by atoms with Crippen molar-refractivity contribution in [3.05, 3.63) is 35.9 Å². The Morgan fingerprint density at radius 1 is 1.18 bits per heavy atom. The fraction of sp³-hybridized carbons (Fsp3) is 0.522. The first kappa shape index (κ1) is 25.7. The van der Waals surface area contributed by atoms with Crippen LogP contribution in [0.2, 0.25) is 0 Å². The van der Waals surface area contributed by atoms with Gasteiger partial charge in [-0.1, -0.05) is 44.2 Å². The van der Waals surface area contributed by atoms with Crippen molar-refractivity contribution in [2.45, 2.75) is 57.8 Å². The largest absolute Gasteiger partial charge is 0.444 e. The molecule has 2 fully saturated rings. The molecule has 5 amide bonds. The number of imide groups is 3. The Hall–Kier alpha value is -2.92. The van der Waals surface area contributed by atoms with E-state index >= 15 is 0 Å². The molecule has 2 aliphatic rings. The van der Waals surface area contributed by atoms with E-state index in [4.69, 9.17) is 4.74 Å². The maximum absolute atomic E-state index is 13.5. The van der Waals surface area contributed by atoms with Crippen LogP contribution in [0.15, 0.2) is 30.3 Å². The lowest BCUT2D eigenvalue weighted by molar-refractivity contribution is -0.146. The van der Waals surface area contributed by atoms with Crippen molar-refractivity contribution in [1.29, 1.82) is 0 Å². The molecule has 3 atom stereocenters. The summed E-state index contributed by atoms with van der Waals surface area (Å²) in [5.74, 6) is -1.43. The molecule has 0 saturated carbocycles. The van der Waals surface area contributed by atoms with Gasteiger partial charge in [-0.2, -0.15) is 4.90 Å². The highest BCUT2D eigenvalue weighted by atomic mass is 32.2. The van der Waals surface area contributed by atoms with Gasteiger partial charge in [0.05, 0.1) is 6.04 Å². The SMILES string of the molecule is CC(C)C[C@H](NC(=O)[C@@H]1CCC(=O)N1)C(=O)N(C(=O)OCc1ccccc1)C(=O)C1CSCN1. The highest BCUT2D eigenvalue weighted by Crippen LogP contribution is 2.17. The molecule has 0 aliphatic carbocycles. The fourth-order valence-corrected chi connectivity index (χ4v) is 4.65. The van der Waals surface area contributed by atoms with Crippen LogP contribution in [0.4, 0.5) is 4.79 Å². The quantitative estimate of drug-likeness (QED) is 0.494. The second-order valence-electron chi connectivity index (χ2n) is 8.67. The van der Waals surface area contributed by atoms with E-state index in [2.05, 4.69) is 16.0 Å². The number of ether oxygens (including phenoxy) is 1. The molecule has 11 heteroatoms. The predicted molar refractivity (Wildman–Crippen MR) is 125 cm³/mol. The number of rotatable bonds is 8. The first-order valence-corrected chi connectivity index (χ1v) is 12.4. The summed E-state index contributed by atoms with van der Waals surface area (Å²) in [6.45, 7) is 3.61. The van der Waals surface area contributed by atoms with E-state index in [1.807, 2.05) is 19.9 Å². The molecule has 34 heavy (non-hydrogen) atoms. The minimum absolute atomic E-state index is 0.0233. The monoisotopic (exact) mass is 490 g/mol. The van der Waals surface area contributed by atoms with Gasteiger partial charge < -0.3 is 15.4 Å². The van der Waals surface area contributed by atoms with Crippen molar-refractivity contribution in [3.63, 3.8) is 0 Å². The minimum atomic E-state index is -1.13. The molecule has 0 bridgehead atoms. The number of carbonyl (C=O) groups is 5. The van der Waals surface area contributed by atoms with Crippen LogP contribution >= 0.6 is 11.8 Å². The number of hydrogen-bond donors (Lipinski definition) is 3. The van der Waals surface area contributed by atoms with Gasteiger partial charge >= 0.3 is 6.09 Å². The molecule has 1 aromatic carbocycles. The molecular weight excluding hydrogens is 460 g/mol. The number of nitrogens with one attached hydrogen (secondary N) is 3. The van der Waals surface area contributed by atoms with E-state index < -0.39 is 41.9 Å². The number of nitrogens with zero attached hydrogens (tertiary/aromatic N) is 1. The molecule has 10 nitrogen and oxygen atoms in total. The molecule has 1 unspecified atom stereocenters. The lowest BCUT2D eigenvalue weighted by Crippen LogP contribution is -2.58. The second kappa shape index (κ2) is 12.0. The van der Waals surface area contributed by atoms with Crippen molar-refractivity contribution in [2.75, 3.05) is 11.6 Å². The molecule has 184 valence electrons.